The average molecular weight is 226 g/mol. The molecule has 15 heavy (non-hydrogen) atoms. The molecule has 76 valence electrons. The normalized spacial score (nSPS) is 10.2. The molecule has 2 aromatic rings. The lowest BCUT2D eigenvalue weighted by atomic mass is 10.5. The SMILES string of the molecule is O=[N+]([O-])c1cnn(-c2ccnc(Cl)n2)c1. The Balaban J connectivity index is 2.41. The quantitative estimate of drug-likeness (QED) is 0.436. The largest absolute Gasteiger partial charge is 0.307 e. The van der Waals surface area contributed by atoms with E-state index in [2.05, 4.69) is 15.1 Å². The van der Waals surface area contributed by atoms with Crippen molar-refractivity contribution in [1.29, 1.82) is 0 Å². The lowest BCUT2D eigenvalue weighted by Crippen LogP contribution is -1.98. The monoisotopic (exact) mass is 225 g/mol. The van der Waals surface area contributed by atoms with Crippen molar-refractivity contribution >= 4 is 17.3 Å². The Labute approximate surface area is 88.5 Å². The lowest BCUT2D eigenvalue weighted by molar-refractivity contribution is -0.384. The average Bonchev–Trinajstić information content (AvgIpc) is 2.66. The minimum atomic E-state index is -0.535. The van der Waals surface area contributed by atoms with Gasteiger partial charge in [0.05, 0.1) is 4.92 Å². The van der Waals surface area contributed by atoms with Crippen LogP contribution in [0, 0.1) is 10.1 Å². The van der Waals surface area contributed by atoms with E-state index in [9.17, 15) is 10.1 Å². The molecule has 0 saturated heterocycles. The van der Waals surface area contributed by atoms with Crippen molar-refractivity contribution in [2.45, 2.75) is 0 Å². The summed E-state index contributed by atoms with van der Waals surface area (Å²) in [6.45, 7) is 0. The molecule has 0 fully saturated rings. The molecule has 2 heterocycles. The van der Waals surface area contributed by atoms with Crippen LogP contribution >= 0.6 is 11.6 Å². The number of hydrogen-bond acceptors (Lipinski definition) is 5. The summed E-state index contributed by atoms with van der Waals surface area (Å²) in [6, 6.07) is 1.54. The van der Waals surface area contributed by atoms with E-state index in [0.29, 0.717) is 5.82 Å². The van der Waals surface area contributed by atoms with Crippen LogP contribution in [-0.4, -0.2) is 24.7 Å². The molecular formula is C7H4ClN5O2. The van der Waals surface area contributed by atoms with E-state index in [0.717, 1.165) is 6.20 Å². The maximum absolute atomic E-state index is 10.4. The molecule has 0 N–H and O–H groups in total. The molecule has 0 aliphatic carbocycles. The smallest absolute Gasteiger partial charge is 0.258 e. The van der Waals surface area contributed by atoms with Crippen molar-refractivity contribution in [2.24, 2.45) is 0 Å². The van der Waals surface area contributed by atoms with Crippen LogP contribution in [-0.2, 0) is 0 Å². The third kappa shape index (κ3) is 1.91. The highest BCUT2D eigenvalue weighted by molar-refractivity contribution is 6.28. The van der Waals surface area contributed by atoms with E-state index < -0.39 is 4.92 Å². The molecule has 0 radical (unpaired) electrons. The first kappa shape index (κ1) is 9.53. The zero-order valence-electron chi connectivity index (χ0n) is 7.24. The van der Waals surface area contributed by atoms with Crippen molar-refractivity contribution in [2.75, 3.05) is 0 Å². The summed E-state index contributed by atoms with van der Waals surface area (Å²) in [6.07, 6.45) is 3.83. The van der Waals surface area contributed by atoms with Crippen molar-refractivity contribution in [1.82, 2.24) is 19.7 Å². The molecule has 0 aliphatic heterocycles. The van der Waals surface area contributed by atoms with E-state index >= 15 is 0 Å². The topological polar surface area (TPSA) is 86.7 Å². The van der Waals surface area contributed by atoms with Crippen LogP contribution in [0.2, 0.25) is 5.28 Å². The van der Waals surface area contributed by atoms with E-state index in [-0.39, 0.29) is 11.0 Å². The summed E-state index contributed by atoms with van der Waals surface area (Å²) in [5.74, 6) is 0.378. The van der Waals surface area contributed by atoms with Crippen LogP contribution in [0.4, 0.5) is 5.69 Å². The molecule has 8 heteroatoms. The van der Waals surface area contributed by atoms with Crippen molar-refractivity contribution in [3.8, 4) is 5.82 Å². The minimum Gasteiger partial charge on any atom is -0.258 e. The van der Waals surface area contributed by atoms with Gasteiger partial charge in [0.25, 0.3) is 0 Å². The van der Waals surface area contributed by atoms with E-state index in [1.54, 1.807) is 6.07 Å². The molecule has 0 aliphatic rings. The first-order valence-electron chi connectivity index (χ1n) is 3.85. The minimum absolute atomic E-state index is 0.0608. The fourth-order valence-corrected chi connectivity index (χ4v) is 1.13. The van der Waals surface area contributed by atoms with E-state index in [1.807, 2.05) is 0 Å². The van der Waals surface area contributed by atoms with Gasteiger partial charge >= 0.3 is 5.69 Å². The maximum atomic E-state index is 10.4. The van der Waals surface area contributed by atoms with Gasteiger partial charge in [-0.05, 0) is 11.6 Å². The molecule has 2 aromatic heterocycles. The van der Waals surface area contributed by atoms with Gasteiger partial charge in [-0.1, -0.05) is 0 Å². The van der Waals surface area contributed by atoms with Gasteiger partial charge in [-0.15, -0.1) is 0 Å². The fraction of sp³-hybridized carbons (Fsp3) is 0. The molecule has 0 saturated carbocycles. The summed E-state index contributed by atoms with van der Waals surface area (Å²) in [7, 11) is 0. The Morgan fingerprint density at radius 2 is 2.33 bits per heavy atom. The standard InChI is InChI=1S/C7H4ClN5O2/c8-7-9-2-1-6(11-7)12-4-5(3-10-12)13(14)15/h1-4H. The van der Waals surface area contributed by atoms with E-state index in [4.69, 9.17) is 11.6 Å². The Morgan fingerprint density at radius 1 is 1.53 bits per heavy atom. The number of rotatable bonds is 2. The van der Waals surface area contributed by atoms with Crippen LogP contribution in [0.1, 0.15) is 0 Å². The second-order valence-electron chi connectivity index (χ2n) is 2.58. The third-order valence-corrected chi connectivity index (χ3v) is 1.81. The van der Waals surface area contributed by atoms with Gasteiger partial charge in [-0.3, -0.25) is 10.1 Å². The van der Waals surface area contributed by atoms with Crippen molar-refractivity contribution in [3.05, 3.63) is 40.1 Å². The lowest BCUT2D eigenvalue weighted by Gasteiger charge is -1.97. The second-order valence-corrected chi connectivity index (χ2v) is 2.92. The predicted molar refractivity (Wildman–Crippen MR) is 50.8 cm³/mol. The molecule has 0 atom stereocenters. The predicted octanol–water partition coefficient (Wildman–Crippen LogP) is 1.22. The van der Waals surface area contributed by atoms with Crippen LogP contribution < -0.4 is 0 Å². The highest BCUT2D eigenvalue weighted by Gasteiger charge is 2.10. The molecular weight excluding hydrogens is 222 g/mol. The first-order valence-corrected chi connectivity index (χ1v) is 4.22. The zero-order valence-corrected chi connectivity index (χ0v) is 8.00. The summed E-state index contributed by atoms with van der Waals surface area (Å²) in [4.78, 5) is 17.4. The van der Waals surface area contributed by atoms with Gasteiger partial charge < -0.3 is 0 Å². The van der Waals surface area contributed by atoms with Crippen LogP contribution in [0.5, 0.6) is 0 Å². The number of nitrogens with zero attached hydrogens (tertiary/aromatic N) is 5. The van der Waals surface area contributed by atoms with Gasteiger partial charge in [0, 0.05) is 12.3 Å². The Bertz CT molecular complexity index is 512. The number of nitro groups is 1. The molecule has 0 bridgehead atoms. The summed E-state index contributed by atoms with van der Waals surface area (Å²) < 4.78 is 1.26. The summed E-state index contributed by atoms with van der Waals surface area (Å²) in [5, 5.41) is 14.2. The Hall–Kier alpha value is -2.02. The summed E-state index contributed by atoms with van der Waals surface area (Å²) in [5.41, 5.74) is -0.107. The van der Waals surface area contributed by atoms with Gasteiger partial charge in [-0.2, -0.15) is 10.1 Å². The molecule has 7 nitrogen and oxygen atoms in total. The van der Waals surface area contributed by atoms with Crippen LogP contribution in [0.15, 0.2) is 24.7 Å². The molecule has 0 spiro atoms. The van der Waals surface area contributed by atoms with Crippen molar-refractivity contribution < 1.29 is 4.92 Å². The number of hydrogen-bond donors (Lipinski definition) is 0. The molecule has 0 unspecified atom stereocenters. The maximum Gasteiger partial charge on any atom is 0.307 e. The van der Waals surface area contributed by atoms with Crippen molar-refractivity contribution in [3.63, 3.8) is 0 Å². The Kier molecular flexibility index (Phi) is 2.30. The number of halogens is 1. The molecule has 0 amide bonds. The second kappa shape index (κ2) is 3.62. The highest BCUT2D eigenvalue weighted by Crippen LogP contribution is 2.12. The zero-order chi connectivity index (χ0) is 10.8. The van der Waals surface area contributed by atoms with Gasteiger partial charge in [-0.25, -0.2) is 9.67 Å². The van der Waals surface area contributed by atoms with Crippen LogP contribution in [0.3, 0.4) is 0 Å². The van der Waals surface area contributed by atoms with E-state index in [1.165, 1.54) is 17.1 Å². The highest BCUT2D eigenvalue weighted by atomic mass is 35.5. The Morgan fingerprint density at radius 3 is 2.93 bits per heavy atom. The molecule has 0 aromatic carbocycles. The molecule has 2 rings (SSSR count). The fourth-order valence-electron chi connectivity index (χ4n) is 0.987. The van der Waals surface area contributed by atoms with Crippen LogP contribution in [0.25, 0.3) is 5.82 Å². The summed E-state index contributed by atoms with van der Waals surface area (Å²) >= 11 is 5.57. The van der Waals surface area contributed by atoms with Gasteiger partial charge in [0.1, 0.15) is 12.4 Å². The number of aromatic nitrogens is 4. The van der Waals surface area contributed by atoms with Gasteiger partial charge in [0.15, 0.2) is 5.82 Å². The third-order valence-electron chi connectivity index (χ3n) is 1.63. The first-order chi connectivity index (χ1) is 7.16. The van der Waals surface area contributed by atoms with Gasteiger partial charge in [0.2, 0.25) is 5.28 Å².